The third-order valence-electron chi connectivity index (χ3n) is 7.25. The molecule has 1 saturated heterocycles. The van der Waals surface area contributed by atoms with Gasteiger partial charge in [-0.05, 0) is 42.4 Å². The fourth-order valence-electron chi connectivity index (χ4n) is 5.36. The molecule has 2 aliphatic heterocycles. The van der Waals surface area contributed by atoms with E-state index in [9.17, 15) is 4.79 Å². The zero-order valence-electron chi connectivity index (χ0n) is 18.9. The van der Waals surface area contributed by atoms with Crippen LogP contribution in [0.4, 0.5) is 0 Å². The number of ether oxygens (including phenoxy) is 2. The van der Waals surface area contributed by atoms with Crippen LogP contribution in [0, 0.1) is 0 Å². The predicted octanol–water partition coefficient (Wildman–Crippen LogP) is 2.09. The average Bonchev–Trinajstić information content (AvgIpc) is 3.49. The molecule has 2 fully saturated rings. The van der Waals surface area contributed by atoms with Crippen molar-refractivity contribution in [2.45, 2.75) is 44.2 Å². The molecule has 6 rings (SSSR count). The van der Waals surface area contributed by atoms with Crippen LogP contribution in [0.25, 0.3) is 10.9 Å². The highest BCUT2D eigenvalue weighted by molar-refractivity contribution is 5.83. The molecule has 0 spiro atoms. The summed E-state index contributed by atoms with van der Waals surface area (Å²) in [5, 5.41) is 13.9. The van der Waals surface area contributed by atoms with Crippen molar-refractivity contribution in [3.63, 3.8) is 0 Å². The van der Waals surface area contributed by atoms with Crippen LogP contribution < -0.4 is 15.0 Å². The molecular formula is C23H29N7O3. The average molecular weight is 452 g/mol. The summed E-state index contributed by atoms with van der Waals surface area (Å²) in [5.41, 5.74) is 1.28. The molecule has 1 aromatic carbocycles. The maximum Gasteiger partial charge on any atom is 0.253 e. The quantitative estimate of drug-likeness (QED) is 0.644. The molecular weight excluding hydrogens is 422 g/mol. The molecule has 1 N–H and O–H groups in total. The molecule has 33 heavy (non-hydrogen) atoms. The van der Waals surface area contributed by atoms with E-state index >= 15 is 0 Å². The molecule has 10 nitrogen and oxygen atoms in total. The first-order valence-electron chi connectivity index (χ1n) is 11.8. The first-order valence-corrected chi connectivity index (χ1v) is 11.8. The minimum atomic E-state index is -0.311. The Morgan fingerprint density at radius 1 is 1.03 bits per heavy atom. The lowest BCUT2D eigenvalue weighted by molar-refractivity contribution is 0.119. The van der Waals surface area contributed by atoms with Gasteiger partial charge in [0.05, 0.1) is 11.6 Å². The summed E-state index contributed by atoms with van der Waals surface area (Å²) >= 11 is 0. The van der Waals surface area contributed by atoms with Crippen LogP contribution in [-0.2, 0) is 0 Å². The van der Waals surface area contributed by atoms with E-state index in [1.165, 1.54) is 19.3 Å². The second-order valence-corrected chi connectivity index (χ2v) is 9.36. The molecule has 1 saturated carbocycles. The minimum Gasteiger partial charge on any atom is -0.454 e. The van der Waals surface area contributed by atoms with Crippen LogP contribution in [0.2, 0.25) is 0 Å². The molecule has 3 aromatic rings. The van der Waals surface area contributed by atoms with E-state index in [2.05, 4.69) is 37.4 Å². The first-order chi connectivity index (χ1) is 16.2. The largest absolute Gasteiger partial charge is 0.454 e. The van der Waals surface area contributed by atoms with Crippen molar-refractivity contribution >= 4 is 10.9 Å². The van der Waals surface area contributed by atoms with Gasteiger partial charge in [-0.3, -0.25) is 9.69 Å². The van der Waals surface area contributed by atoms with Gasteiger partial charge in [0.15, 0.2) is 17.3 Å². The minimum absolute atomic E-state index is 0.122. The third kappa shape index (κ3) is 3.76. The molecule has 1 aliphatic carbocycles. The number of rotatable bonds is 4. The Bertz CT molecular complexity index is 1210. The van der Waals surface area contributed by atoms with E-state index < -0.39 is 0 Å². The number of tetrazole rings is 1. The number of H-pyrrole nitrogens is 1. The van der Waals surface area contributed by atoms with Gasteiger partial charge in [0.25, 0.3) is 5.56 Å². The number of nitrogens with one attached hydrogen (secondary N) is 1. The summed E-state index contributed by atoms with van der Waals surface area (Å²) < 4.78 is 13.0. The summed E-state index contributed by atoms with van der Waals surface area (Å²) in [4.78, 5) is 21.1. The number of benzene rings is 1. The standard InChI is InChI=1S/C23H29N7O3/c1-28-7-9-29(10-8-28)21(22-25-26-27-30(22)16-5-3-2-4-6-16)17-11-15-12-19-20(33-14-32-19)13-18(15)24-23(17)31/h11-13,16,21H,2-10,14H2,1H3,(H,24,31). The third-order valence-corrected chi connectivity index (χ3v) is 7.25. The van der Waals surface area contributed by atoms with Gasteiger partial charge in [-0.25, -0.2) is 4.68 Å². The van der Waals surface area contributed by atoms with Crippen molar-refractivity contribution in [3.05, 3.63) is 39.9 Å². The Kier molecular flexibility index (Phi) is 5.26. The summed E-state index contributed by atoms with van der Waals surface area (Å²) in [5.74, 6) is 2.11. The van der Waals surface area contributed by atoms with Crippen molar-refractivity contribution in [2.75, 3.05) is 40.0 Å². The Morgan fingerprint density at radius 3 is 2.58 bits per heavy atom. The summed E-state index contributed by atoms with van der Waals surface area (Å²) in [6, 6.07) is 5.71. The van der Waals surface area contributed by atoms with E-state index in [0.29, 0.717) is 17.1 Å². The molecule has 2 aromatic heterocycles. The number of hydrogen-bond donors (Lipinski definition) is 1. The van der Waals surface area contributed by atoms with Crippen LogP contribution >= 0.6 is 0 Å². The van der Waals surface area contributed by atoms with Crippen LogP contribution in [-0.4, -0.2) is 75.0 Å². The monoisotopic (exact) mass is 451 g/mol. The maximum absolute atomic E-state index is 13.4. The van der Waals surface area contributed by atoms with Crippen molar-refractivity contribution < 1.29 is 9.47 Å². The first kappa shape index (κ1) is 20.6. The number of hydrogen-bond acceptors (Lipinski definition) is 8. The van der Waals surface area contributed by atoms with Gasteiger partial charge in [-0.1, -0.05) is 19.3 Å². The highest BCUT2D eigenvalue weighted by atomic mass is 16.7. The van der Waals surface area contributed by atoms with E-state index in [1.807, 2.05) is 22.9 Å². The van der Waals surface area contributed by atoms with Crippen molar-refractivity contribution in [1.29, 1.82) is 0 Å². The highest BCUT2D eigenvalue weighted by Crippen LogP contribution is 2.37. The zero-order valence-corrected chi connectivity index (χ0v) is 18.9. The molecule has 174 valence electrons. The number of likely N-dealkylation sites (N-methyl/N-ethyl adjacent to an activating group) is 1. The van der Waals surface area contributed by atoms with Crippen molar-refractivity contribution in [2.24, 2.45) is 0 Å². The lowest BCUT2D eigenvalue weighted by atomic mass is 9.95. The van der Waals surface area contributed by atoms with Gasteiger partial charge in [-0.15, -0.1) is 5.10 Å². The highest BCUT2D eigenvalue weighted by Gasteiger charge is 2.34. The number of nitrogens with zero attached hydrogens (tertiary/aromatic N) is 6. The van der Waals surface area contributed by atoms with E-state index in [4.69, 9.17) is 9.47 Å². The Balaban J connectivity index is 1.47. The van der Waals surface area contributed by atoms with Crippen LogP contribution in [0.15, 0.2) is 23.0 Å². The SMILES string of the molecule is CN1CCN(C(c2cc3cc4c(cc3[nH]c2=O)OCO4)c2nnnn2C2CCCCC2)CC1. The Morgan fingerprint density at radius 2 is 1.79 bits per heavy atom. The number of piperazine rings is 1. The predicted molar refractivity (Wildman–Crippen MR) is 122 cm³/mol. The fourth-order valence-corrected chi connectivity index (χ4v) is 5.36. The molecule has 0 bridgehead atoms. The van der Waals surface area contributed by atoms with Gasteiger partial charge in [0.1, 0.15) is 6.04 Å². The van der Waals surface area contributed by atoms with Gasteiger partial charge in [0, 0.05) is 43.2 Å². The number of fused-ring (bicyclic) bond motifs is 2. The fraction of sp³-hybridized carbons (Fsp3) is 0.565. The normalized spacial score (nSPS) is 21.0. The number of aromatic nitrogens is 5. The van der Waals surface area contributed by atoms with Crippen LogP contribution in [0.1, 0.15) is 55.6 Å². The van der Waals surface area contributed by atoms with Gasteiger partial charge in [-0.2, -0.15) is 0 Å². The zero-order chi connectivity index (χ0) is 22.4. The Hall–Kier alpha value is -2.98. The van der Waals surface area contributed by atoms with Gasteiger partial charge >= 0.3 is 0 Å². The summed E-state index contributed by atoms with van der Waals surface area (Å²) in [6.45, 7) is 3.76. The number of aromatic amines is 1. The molecule has 3 aliphatic rings. The molecule has 4 heterocycles. The Labute approximate surface area is 191 Å². The van der Waals surface area contributed by atoms with Crippen molar-refractivity contribution in [3.8, 4) is 11.5 Å². The molecule has 0 radical (unpaired) electrons. The van der Waals surface area contributed by atoms with E-state index in [-0.39, 0.29) is 24.4 Å². The topological polar surface area (TPSA) is 101 Å². The maximum atomic E-state index is 13.4. The van der Waals surface area contributed by atoms with Gasteiger partial charge < -0.3 is 19.4 Å². The van der Waals surface area contributed by atoms with E-state index in [1.54, 1.807) is 0 Å². The molecule has 0 amide bonds. The molecule has 1 atom stereocenters. The van der Waals surface area contributed by atoms with Crippen LogP contribution in [0.3, 0.4) is 0 Å². The molecule has 1 unspecified atom stereocenters. The lowest BCUT2D eigenvalue weighted by Crippen LogP contribution is -2.47. The van der Waals surface area contributed by atoms with Crippen molar-refractivity contribution in [1.82, 2.24) is 35.0 Å². The smallest absolute Gasteiger partial charge is 0.253 e. The van der Waals surface area contributed by atoms with E-state index in [0.717, 1.165) is 55.7 Å². The second kappa shape index (κ2) is 8.42. The summed E-state index contributed by atoms with van der Waals surface area (Å²) in [6.07, 6.45) is 5.78. The van der Waals surface area contributed by atoms with Crippen LogP contribution in [0.5, 0.6) is 11.5 Å². The van der Waals surface area contributed by atoms with Gasteiger partial charge in [0.2, 0.25) is 6.79 Å². The number of pyridine rings is 1. The lowest BCUT2D eigenvalue weighted by Gasteiger charge is -2.37. The summed E-state index contributed by atoms with van der Waals surface area (Å²) in [7, 11) is 2.13. The second-order valence-electron chi connectivity index (χ2n) is 9.36. The molecule has 10 heteroatoms.